The third kappa shape index (κ3) is 6.68. The van der Waals surface area contributed by atoms with Crippen molar-refractivity contribution in [2.75, 3.05) is 13.1 Å². The molecule has 0 aliphatic carbocycles. The number of benzene rings is 1. The number of hydrogen-bond acceptors (Lipinski definition) is 4. The predicted molar refractivity (Wildman–Crippen MR) is 79.7 cm³/mol. The molecule has 0 saturated carbocycles. The van der Waals surface area contributed by atoms with Crippen molar-refractivity contribution >= 4 is 29.1 Å². The summed E-state index contributed by atoms with van der Waals surface area (Å²) in [6, 6.07) is 6.48. The fourth-order valence-corrected chi connectivity index (χ4v) is 1.71. The summed E-state index contributed by atoms with van der Waals surface area (Å²) in [4.78, 5) is 22.0. The molecule has 1 amide bonds. The molecule has 0 aliphatic rings. The molecular formula is C13H18N3O4S+. The summed E-state index contributed by atoms with van der Waals surface area (Å²) in [6.07, 6.45) is 0.572. The number of carboxylic acid groups (broad SMARTS) is 1. The number of phenolic OH excluding ortho intramolecular Hbond substituents is 1. The van der Waals surface area contributed by atoms with Crippen molar-refractivity contribution in [2.24, 2.45) is 0 Å². The summed E-state index contributed by atoms with van der Waals surface area (Å²) in [5, 5.41) is 22.6. The molecule has 0 aliphatic heterocycles. The summed E-state index contributed by atoms with van der Waals surface area (Å²) in [5.41, 5.74) is 4.88. The Bertz CT molecular complexity index is 519. The molecule has 21 heavy (non-hydrogen) atoms. The molecule has 0 spiro atoms. The zero-order valence-corrected chi connectivity index (χ0v) is 12.2. The molecule has 0 heterocycles. The summed E-state index contributed by atoms with van der Waals surface area (Å²) in [7, 11) is 0. The van der Waals surface area contributed by atoms with Gasteiger partial charge in [-0.25, -0.2) is 0 Å². The van der Waals surface area contributed by atoms with Crippen LogP contribution in [0.1, 0.15) is 5.56 Å². The molecular weight excluding hydrogens is 294 g/mol. The fraction of sp³-hybridized carbons (Fsp3) is 0.308. The number of nitrogens with one attached hydrogen (secondary N) is 2. The van der Waals surface area contributed by atoms with Crippen molar-refractivity contribution in [3.8, 4) is 5.75 Å². The smallest absolute Gasteiger partial charge is 0.322 e. The Morgan fingerprint density at radius 3 is 2.38 bits per heavy atom. The van der Waals surface area contributed by atoms with Crippen LogP contribution in [0.5, 0.6) is 5.75 Å². The first-order valence-corrected chi connectivity index (χ1v) is 6.66. The van der Waals surface area contributed by atoms with E-state index in [0.717, 1.165) is 5.56 Å². The Balaban J connectivity index is 2.35. The van der Waals surface area contributed by atoms with Crippen LogP contribution < -0.4 is 16.4 Å². The Morgan fingerprint density at radius 1 is 1.19 bits per heavy atom. The van der Waals surface area contributed by atoms with Crippen LogP contribution in [0.25, 0.3) is 0 Å². The van der Waals surface area contributed by atoms with Gasteiger partial charge in [0.1, 0.15) is 23.3 Å². The summed E-state index contributed by atoms with van der Waals surface area (Å²) < 4.78 is 0. The highest BCUT2D eigenvalue weighted by Crippen LogP contribution is 2.10. The first-order valence-electron chi connectivity index (χ1n) is 6.25. The number of aromatic hydroxyl groups is 1. The van der Waals surface area contributed by atoms with E-state index in [1.54, 1.807) is 24.3 Å². The van der Waals surface area contributed by atoms with Crippen LogP contribution in [0.2, 0.25) is 0 Å². The molecule has 1 rings (SSSR count). The van der Waals surface area contributed by atoms with Crippen molar-refractivity contribution in [2.45, 2.75) is 12.5 Å². The van der Waals surface area contributed by atoms with Crippen LogP contribution >= 0.6 is 12.2 Å². The standard InChI is InChI=1S/C13H17N3O4S/c14-10(5-8-1-3-9(17)4-2-8)13(21)16-6-11(18)15-7-12(19)20/h1-4,10,17H,5-7,14H2,(H,15,18)(H,16,21)(H,19,20)/p+1/t10-/m0/s1. The second kappa shape index (κ2) is 8.18. The van der Waals surface area contributed by atoms with Gasteiger partial charge in [-0.2, -0.15) is 0 Å². The molecule has 0 fully saturated rings. The lowest BCUT2D eigenvalue weighted by molar-refractivity contribution is -0.394. The minimum Gasteiger partial charge on any atom is -0.508 e. The molecule has 114 valence electrons. The number of amides is 1. The van der Waals surface area contributed by atoms with Gasteiger partial charge in [-0.3, -0.25) is 9.59 Å². The minimum absolute atomic E-state index is 0.0896. The molecule has 0 aromatic heterocycles. The van der Waals surface area contributed by atoms with Gasteiger partial charge < -0.3 is 26.6 Å². The highest BCUT2D eigenvalue weighted by Gasteiger charge is 2.15. The Labute approximate surface area is 127 Å². The number of aliphatic carboxylic acids is 1. The van der Waals surface area contributed by atoms with Crippen molar-refractivity contribution in [3.63, 3.8) is 0 Å². The van der Waals surface area contributed by atoms with Crippen LogP contribution in [-0.2, 0) is 16.0 Å². The lowest BCUT2D eigenvalue weighted by Gasteiger charge is -2.12. The average molecular weight is 312 g/mol. The minimum atomic E-state index is -1.10. The molecule has 0 saturated heterocycles. The van der Waals surface area contributed by atoms with Crippen molar-refractivity contribution < 1.29 is 25.5 Å². The molecule has 7 nitrogen and oxygen atoms in total. The second-order valence-corrected chi connectivity index (χ2v) is 4.90. The van der Waals surface area contributed by atoms with E-state index in [-0.39, 0.29) is 18.3 Å². The Kier molecular flexibility index (Phi) is 6.57. The SMILES string of the molecule is [NH3+][C@@H](Cc1ccc(O)cc1)C(=S)NCC(=O)NCC(=O)O. The van der Waals surface area contributed by atoms with Crippen molar-refractivity contribution in [1.82, 2.24) is 10.6 Å². The summed E-state index contributed by atoms with van der Waals surface area (Å²) in [6.45, 7) is -0.512. The maximum absolute atomic E-state index is 11.3. The molecule has 0 radical (unpaired) electrons. The topological polar surface area (TPSA) is 126 Å². The van der Waals surface area contributed by atoms with Gasteiger partial charge in [-0.1, -0.05) is 24.4 Å². The zero-order chi connectivity index (χ0) is 15.8. The zero-order valence-electron chi connectivity index (χ0n) is 11.3. The second-order valence-electron chi connectivity index (χ2n) is 4.46. The molecule has 0 bridgehead atoms. The van der Waals surface area contributed by atoms with E-state index >= 15 is 0 Å². The van der Waals surface area contributed by atoms with Crippen LogP contribution in [0.15, 0.2) is 24.3 Å². The van der Waals surface area contributed by atoms with E-state index in [0.29, 0.717) is 11.4 Å². The maximum Gasteiger partial charge on any atom is 0.322 e. The van der Waals surface area contributed by atoms with E-state index in [9.17, 15) is 14.7 Å². The number of quaternary nitrogens is 1. The van der Waals surface area contributed by atoms with Gasteiger partial charge in [0.2, 0.25) is 5.91 Å². The summed E-state index contributed by atoms with van der Waals surface area (Å²) in [5.74, 6) is -1.36. The molecule has 7 N–H and O–H groups in total. The van der Waals surface area contributed by atoms with Gasteiger partial charge in [-0.15, -0.1) is 0 Å². The van der Waals surface area contributed by atoms with Crippen LogP contribution in [0.4, 0.5) is 0 Å². The average Bonchev–Trinajstić information content (AvgIpc) is 2.44. The lowest BCUT2D eigenvalue weighted by atomic mass is 10.1. The number of carbonyl (C=O) groups excluding carboxylic acids is 1. The third-order valence-electron chi connectivity index (χ3n) is 2.65. The Morgan fingerprint density at radius 2 is 1.81 bits per heavy atom. The van der Waals surface area contributed by atoms with Gasteiger partial charge >= 0.3 is 5.97 Å². The number of rotatable bonds is 7. The fourth-order valence-electron chi connectivity index (χ4n) is 1.56. The van der Waals surface area contributed by atoms with Crippen LogP contribution in [0.3, 0.4) is 0 Å². The van der Waals surface area contributed by atoms with Crippen molar-refractivity contribution in [3.05, 3.63) is 29.8 Å². The Hall–Kier alpha value is -2.19. The molecule has 1 aromatic rings. The van der Waals surface area contributed by atoms with Gasteiger partial charge in [0.15, 0.2) is 0 Å². The van der Waals surface area contributed by atoms with Crippen LogP contribution in [-0.4, -0.2) is 46.2 Å². The van der Waals surface area contributed by atoms with E-state index < -0.39 is 18.4 Å². The number of phenols is 1. The highest BCUT2D eigenvalue weighted by atomic mass is 32.1. The molecule has 1 atom stereocenters. The molecule has 0 unspecified atom stereocenters. The first-order chi connectivity index (χ1) is 9.88. The van der Waals surface area contributed by atoms with Crippen molar-refractivity contribution in [1.29, 1.82) is 0 Å². The molecule has 1 aromatic carbocycles. The predicted octanol–water partition coefficient (Wildman–Crippen LogP) is -1.34. The van der Waals surface area contributed by atoms with E-state index in [1.165, 1.54) is 0 Å². The maximum atomic E-state index is 11.3. The number of thiocarbonyl (C=S) groups is 1. The van der Waals surface area contributed by atoms with E-state index in [2.05, 4.69) is 16.4 Å². The monoisotopic (exact) mass is 312 g/mol. The van der Waals surface area contributed by atoms with Gasteiger partial charge in [0, 0.05) is 6.42 Å². The largest absolute Gasteiger partial charge is 0.508 e. The van der Waals surface area contributed by atoms with Gasteiger partial charge in [-0.05, 0) is 17.7 Å². The lowest BCUT2D eigenvalue weighted by Crippen LogP contribution is -2.68. The number of carboxylic acids is 1. The van der Waals surface area contributed by atoms with E-state index in [4.69, 9.17) is 17.3 Å². The van der Waals surface area contributed by atoms with Gasteiger partial charge in [0.05, 0.1) is 6.54 Å². The van der Waals surface area contributed by atoms with E-state index in [1.807, 2.05) is 0 Å². The number of hydrogen-bond donors (Lipinski definition) is 5. The van der Waals surface area contributed by atoms with Crippen LogP contribution in [0, 0.1) is 0 Å². The third-order valence-corrected chi connectivity index (χ3v) is 3.13. The normalized spacial score (nSPS) is 11.5. The number of carbonyl (C=O) groups is 2. The summed E-state index contributed by atoms with van der Waals surface area (Å²) >= 11 is 5.14. The van der Waals surface area contributed by atoms with Gasteiger partial charge in [0.25, 0.3) is 0 Å². The highest BCUT2D eigenvalue weighted by molar-refractivity contribution is 7.80. The quantitative estimate of drug-likeness (QED) is 0.397. The molecule has 8 heteroatoms. The first kappa shape index (κ1) is 16.9.